The third kappa shape index (κ3) is 4.42. The molecule has 1 amide bonds. The largest absolute Gasteiger partial charge is 0.352 e. The van der Waals surface area contributed by atoms with Gasteiger partial charge in [0.25, 0.3) is 5.91 Å². The second kappa shape index (κ2) is 7.53. The topological polar surface area (TPSA) is 29.1 Å². The van der Waals surface area contributed by atoms with Gasteiger partial charge in [0, 0.05) is 12.4 Å². The van der Waals surface area contributed by atoms with Crippen LogP contribution in [0.4, 0.5) is 0 Å². The first-order chi connectivity index (χ1) is 7.75. The van der Waals surface area contributed by atoms with Gasteiger partial charge in [-0.25, -0.2) is 0 Å². The molecule has 0 saturated heterocycles. The molecule has 0 heterocycles. The Hall–Kier alpha value is -0.730. The Kier molecular flexibility index (Phi) is 6.27. The van der Waals surface area contributed by atoms with Crippen LogP contribution < -0.4 is 5.32 Å². The van der Waals surface area contributed by atoms with Crippen molar-refractivity contribution in [3.63, 3.8) is 0 Å². The number of rotatable bonds is 6. The van der Waals surface area contributed by atoms with E-state index in [1.807, 2.05) is 0 Å². The molecule has 0 aliphatic heterocycles. The fourth-order valence-electron chi connectivity index (χ4n) is 1.34. The maximum absolute atomic E-state index is 11.7. The maximum Gasteiger partial charge on any atom is 0.252 e. The number of alkyl halides is 1. The lowest BCUT2D eigenvalue weighted by Gasteiger charge is -2.05. The second-order valence-electron chi connectivity index (χ2n) is 3.49. The van der Waals surface area contributed by atoms with Gasteiger partial charge in [-0.05, 0) is 25.0 Å². The summed E-state index contributed by atoms with van der Waals surface area (Å²) in [6, 6.07) is 7.04. The van der Waals surface area contributed by atoms with Gasteiger partial charge in [0.2, 0.25) is 0 Å². The normalized spacial score (nSPS) is 10.1. The lowest BCUT2D eigenvalue weighted by molar-refractivity contribution is 0.0953. The molecular weight excluding hydrogens is 245 g/mol. The lowest BCUT2D eigenvalue weighted by Crippen LogP contribution is -2.24. The molecule has 1 aromatic carbocycles. The van der Waals surface area contributed by atoms with E-state index in [2.05, 4.69) is 5.32 Å². The molecule has 0 aromatic heterocycles. The molecule has 1 N–H and O–H groups in total. The van der Waals surface area contributed by atoms with Crippen molar-refractivity contribution in [2.45, 2.75) is 19.3 Å². The Labute approximate surface area is 106 Å². The molecule has 0 spiro atoms. The zero-order valence-electron chi connectivity index (χ0n) is 9.01. The highest BCUT2D eigenvalue weighted by molar-refractivity contribution is 6.33. The summed E-state index contributed by atoms with van der Waals surface area (Å²) in [4.78, 5) is 11.7. The maximum atomic E-state index is 11.7. The number of hydrogen-bond acceptors (Lipinski definition) is 1. The number of carbonyl (C=O) groups excluding carboxylic acids is 1. The zero-order valence-corrected chi connectivity index (χ0v) is 10.5. The molecule has 0 aliphatic carbocycles. The zero-order chi connectivity index (χ0) is 11.8. The molecule has 0 radical (unpaired) electrons. The minimum Gasteiger partial charge on any atom is -0.352 e. The van der Waals surface area contributed by atoms with Crippen molar-refractivity contribution in [1.29, 1.82) is 0 Å². The average Bonchev–Trinajstić information content (AvgIpc) is 2.29. The predicted molar refractivity (Wildman–Crippen MR) is 68.4 cm³/mol. The van der Waals surface area contributed by atoms with Gasteiger partial charge in [-0.2, -0.15) is 0 Å². The Balaban J connectivity index is 2.33. The Morgan fingerprint density at radius 2 is 1.94 bits per heavy atom. The van der Waals surface area contributed by atoms with Crippen LogP contribution in [0, 0.1) is 0 Å². The Morgan fingerprint density at radius 1 is 1.19 bits per heavy atom. The highest BCUT2D eigenvalue weighted by atomic mass is 35.5. The molecule has 0 bridgehead atoms. The summed E-state index contributed by atoms with van der Waals surface area (Å²) < 4.78 is 0. The number of hydrogen-bond donors (Lipinski definition) is 1. The summed E-state index contributed by atoms with van der Waals surface area (Å²) >= 11 is 11.5. The van der Waals surface area contributed by atoms with Gasteiger partial charge >= 0.3 is 0 Å². The van der Waals surface area contributed by atoms with Crippen LogP contribution in [-0.2, 0) is 0 Å². The van der Waals surface area contributed by atoms with Gasteiger partial charge in [0.1, 0.15) is 0 Å². The summed E-state index contributed by atoms with van der Waals surface area (Å²) in [7, 11) is 0. The van der Waals surface area contributed by atoms with Gasteiger partial charge in [0.05, 0.1) is 10.6 Å². The number of unbranched alkanes of at least 4 members (excludes halogenated alkanes) is 2. The van der Waals surface area contributed by atoms with E-state index in [1.54, 1.807) is 24.3 Å². The molecule has 4 heteroatoms. The Morgan fingerprint density at radius 3 is 2.62 bits per heavy atom. The van der Waals surface area contributed by atoms with E-state index in [0.29, 0.717) is 23.0 Å². The summed E-state index contributed by atoms with van der Waals surface area (Å²) in [5.74, 6) is 0.565. The van der Waals surface area contributed by atoms with Crippen molar-refractivity contribution < 1.29 is 4.79 Å². The average molecular weight is 260 g/mol. The van der Waals surface area contributed by atoms with Crippen LogP contribution in [0.5, 0.6) is 0 Å². The molecule has 16 heavy (non-hydrogen) atoms. The number of carbonyl (C=O) groups is 1. The minimum absolute atomic E-state index is 0.114. The summed E-state index contributed by atoms with van der Waals surface area (Å²) in [6.45, 7) is 0.668. The predicted octanol–water partition coefficient (Wildman–Crippen LogP) is 3.48. The van der Waals surface area contributed by atoms with Crippen LogP contribution in [0.15, 0.2) is 24.3 Å². The SMILES string of the molecule is O=C(NCCCCCCl)c1ccccc1Cl. The Bertz CT molecular complexity index is 342. The van der Waals surface area contributed by atoms with Crippen molar-refractivity contribution in [1.82, 2.24) is 5.32 Å². The van der Waals surface area contributed by atoms with E-state index >= 15 is 0 Å². The first-order valence-corrected chi connectivity index (χ1v) is 6.25. The highest BCUT2D eigenvalue weighted by Gasteiger charge is 2.07. The molecule has 2 nitrogen and oxygen atoms in total. The van der Waals surface area contributed by atoms with Crippen LogP contribution in [0.1, 0.15) is 29.6 Å². The molecule has 0 saturated carbocycles. The smallest absolute Gasteiger partial charge is 0.252 e. The van der Waals surface area contributed by atoms with Crippen molar-refractivity contribution in [2.24, 2.45) is 0 Å². The monoisotopic (exact) mass is 259 g/mol. The van der Waals surface area contributed by atoms with Gasteiger partial charge in [-0.15, -0.1) is 11.6 Å². The van der Waals surface area contributed by atoms with Crippen molar-refractivity contribution in [3.05, 3.63) is 34.9 Å². The van der Waals surface area contributed by atoms with Crippen LogP contribution >= 0.6 is 23.2 Å². The number of halogens is 2. The van der Waals surface area contributed by atoms with Gasteiger partial charge in [-0.3, -0.25) is 4.79 Å². The lowest BCUT2D eigenvalue weighted by atomic mass is 10.2. The molecule has 0 aliphatic rings. The number of nitrogens with one attached hydrogen (secondary N) is 1. The molecule has 0 fully saturated rings. The highest BCUT2D eigenvalue weighted by Crippen LogP contribution is 2.14. The number of benzene rings is 1. The molecule has 1 rings (SSSR count). The van der Waals surface area contributed by atoms with Crippen LogP contribution in [-0.4, -0.2) is 18.3 Å². The van der Waals surface area contributed by atoms with Gasteiger partial charge in [-0.1, -0.05) is 30.2 Å². The molecular formula is C12H15Cl2NO. The van der Waals surface area contributed by atoms with E-state index < -0.39 is 0 Å². The third-order valence-corrected chi connectivity index (χ3v) is 2.81. The molecule has 88 valence electrons. The van der Waals surface area contributed by atoms with Crippen LogP contribution in [0.3, 0.4) is 0 Å². The van der Waals surface area contributed by atoms with Gasteiger partial charge < -0.3 is 5.32 Å². The third-order valence-electron chi connectivity index (χ3n) is 2.21. The summed E-state index contributed by atoms with van der Waals surface area (Å²) in [5, 5.41) is 3.32. The van der Waals surface area contributed by atoms with E-state index in [1.165, 1.54) is 0 Å². The second-order valence-corrected chi connectivity index (χ2v) is 4.27. The fraction of sp³-hybridized carbons (Fsp3) is 0.417. The van der Waals surface area contributed by atoms with Crippen LogP contribution in [0.25, 0.3) is 0 Å². The molecule has 1 aromatic rings. The molecule has 0 atom stereocenters. The fourth-order valence-corrected chi connectivity index (χ4v) is 1.75. The first-order valence-electron chi connectivity index (χ1n) is 5.34. The quantitative estimate of drug-likeness (QED) is 0.615. The summed E-state index contributed by atoms with van der Waals surface area (Å²) in [5.41, 5.74) is 0.529. The first kappa shape index (κ1) is 13.3. The van der Waals surface area contributed by atoms with Gasteiger partial charge in [0.15, 0.2) is 0 Å². The van der Waals surface area contributed by atoms with E-state index in [4.69, 9.17) is 23.2 Å². The number of amides is 1. The van der Waals surface area contributed by atoms with E-state index in [9.17, 15) is 4.79 Å². The summed E-state index contributed by atoms with van der Waals surface area (Å²) in [6.07, 6.45) is 2.97. The van der Waals surface area contributed by atoms with E-state index in [-0.39, 0.29) is 5.91 Å². The van der Waals surface area contributed by atoms with E-state index in [0.717, 1.165) is 19.3 Å². The molecule has 0 unspecified atom stereocenters. The standard InChI is InChI=1S/C12H15Cl2NO/c13-8-4-1-5-9-15-12(16)10-6-2-3-7-11(10)14/h2-3,6-7H,1,4-5,8-9H2,(H,15,16). The van der Waals surface area contributed by atoms with Crippen LogP contribution in [0.2, 0.25) is 5.02 Å². The van der Waals surface area contributed by atoms with Crippen molar-refractivity contribution >= 4 is 29.1 Å². The van der Waals surface area contributed by atoms with Crippen molar-refractivity contribution in [2.75, 3.05) is 12.4 Å². The van der Waals surface area contributed by atoms with Crippen molar-refractivity contribution in [3.8, 4) is 0 Å². The minimum atomic E-state index is -0.114.